The van der Waals surface area contributed by atoms with Crippen molar-refractivity contribution in [3.63, 3.8) is 0 Å². The van der Waals surface area contributed by atoms with Gasteiger partial charge in [-0.15, -0.1) is 11.3 Å². The van der Waals surface area contributed by atoms with Gasteiger partial charge in [0.25, 0.3) is 0 Å². The number of nitrogens with zero attached hydrogens (tertiary/aromatic N) is 3. The van der Waals surface area contributed by atoms with Gasteiger partial charge in [-0.05, 0) is 30.5 Å². The maximum Gasteiger partial charge on any atom is 0.239 e. The highest BCUT2D eigenvalue weighted by Crippen LogP contribution is 2.27. The van der Waals surface area contributed by atoms with Crippen LogP contribution in [0.15, 0.2) is 50.7 Å². The summed E-state index contributed by atoms with van der Waals surface area (Å²) in [7, 11) is 0.342. The fourth-order valence-corrected chi connectivity index (χ4v) is 4.32. The van der Waals surface area contributed by atoms with Crippen LogP contribution in [0.1, 0.15) is 17.3 Å². The maximum absolute atomic E-state index is 12.6. The summed E-state index contributed by atoms with van der Waals surface area (Å²) in [6.45, 7) is 1.82. The lowest BCUT2D eigenvalue weighted by Crippen LogP contribution is -2.01. The summed E-state index contributed by atoms with van der Waals surface area (Å²) in [6, 6.07) is 11.2. The number of aromatic nitrogens is 3. The second kappa shape index (κ2) is 8.07. The largest absolute Gasteiger partial charge is 0.497 e. The number of aryl methyl sites for hydroxylation is 1. The molecule has 0 saturated heterocycles. The summed E-state index contributed by atoms with van der Waals surface area (Å²) < 4.78 is 28.7. The molecular formula is C19H17N3O4S2. The highest BCUT2D eigenvalue weighted by atomic mass is 32.2. The van der Waals surface area contributed by atoms with Gasteiger partial charge in [0.2, 0.25) is 17.6 Å². The first kappa shape index (κ1) is 18.6. The van der Waals surface area contributed by atoms with Crippen molar-refractivity contribution in [3.8, 4) is 27.9 Å². The Labute approximate surface area is 167 Å². The summed E-state index contributed by atoms with van der Waals surface area (Å²) in [5.74, 6) is 3.08. The molecule has 0 aliphatic carbocycles. The Morgan fingerprint density at radius 1 is 1.18 bits per heavy atom. The third-order valence-corrected chi connectivity index (χ3v) is 6.03. The van der Waals surface area contributed by atoms with E-state index in [1.54, 1.807) is 18.4 Å². The molecule has 1 unspecified atom stereocenters. The van der Waals surface area contributed by atoms with E-state index in [4.69, 9.17) is 13.7 Å². The van der Waals surface area contributed by atoms with E-state index in [9.17, 15) is 4.21 Å². The Hall–Kier alpha value is -2.78. The third-order valence-electron chi connectivity index (χ3n) is 4.00. The number of ether oxygens (including phenoxy) is 1. The average Bonchev–Trinajstić information content (AvgIpc) is 3.44. The van der Waals surface area contributed by atoms with E-state index in [1.807, 2.05) is 48.7 Å². The Bertz CT molecular complexity index is 1100. The van der Waals surface area contributed by atoms with Crippen molar-refractivity contribution >= 4 is 22.1 Å². The van der Waals surface area contributed by atoms with Crippen LogP contribution in [0.3, 0.4) is 0 Å². The van der Waals surface area contributed by atoms with Gasteiger partial charge >= 0.3 is 0 Å². The van der Waals surface area contributed by atoms with Crippen LogP contribution in [0.2, 0.25) is 0 Å². The maximum atomic E-state index is 12.6. The predicted molar refractivity (Wildman–Crippen MR) is 106 cm³/mol. The van der Waals surface area contributed by atoms with Gasteiger partial charge in [0.1, 0.15) is 17.3 Å². The number of methoxy groups -OCH3 is 1. The van der Waals surface area contributed by atoms with Crippen LogP contribution in [0.25, 0.3) is 22.2 Å². The average molecular weight is 415 g/mol. The Kier molecular flexibility index (Phi) is 5.36. The van der Waals surface area contributed by atoms with Gasteiger partial charge in [0.15, 0.2) is 0 Å². The summed E-state index contributed by atoms with van der Waals surface area (Å²) >= 11 is 1.55. The van der Waals surface area contributed by atoms with Gasteiger partial charge in [0, 0.05) is 16.4 Å². The Balaban J connectivity index is 1.44. The molecule has 0 aliphatic rings. The number of benzene rings is 1. The lowest BCUT2D eigenvalue weighted by molar-refractivity contribution is 0.390. The number of oxazole rings is 1. The molecular weight excluding hydrogens is 398 g/mol. The summed E-state index contributed by atoms with van der Waals surface area (Å²) in [6.07, 6.45) is 0. The van der Waals surface area contributed by atoms with Crippen LogP contribution in [0, 0.1) is 6.92 Å². The zero-order valence-corrected chi connectivity index (χ0v) is 16.9. The molecule has 0 N–H and O–H groups in total. The highest BCUT2D eigenvalue weighted by molar-refractivity contribution is 7.83. The first-order valence-corrected chi connectivity index (χ1v) is 10.8. The molecule has 1 atom stereocenters. The fraction of sp³-hybridized carbons (Fsp3) is 0.211. The van der Waals surface area contributed by atoms with Crippen molar-refractivity contribution in [2.45, 2.75) is 18.4 Å². The van der Waals surface area contributed by atoms with E-state index >= 15 is 0 Å². The molecule has 3 aromatic heterocycles. The van der Waals surface area contributed by atoms with Gasteiger partial charge in [0.05, 0.1) is 23.4 Å². The zero-order chi connectivity index (χ0) is 19.5. The van der Waals surface area contributed by atoms with E-state index in [1.165, 1.54) is 0 Å². The van der Waals surface area contributed by atoms with E-state index in [0.29, 0.717) is 34.8 Å². The molecule has 3 heterocycles. The van der Waals surface area contributed by atoms with Crippen molar-refractivity contribution in [3.05, 3.63) is 59.1 Å². The molecule has 0 amide bonds. The number of hydrogen-bond acceptors (Lipinski definition) is 8. The van der Waals surface area contributed by atoms with Crippen LogP contribution in [-0.4, -0.2) is 26.4 Å². The predicted octanol–water partition coefficient (Wildman–Crippen LogP) is 4.22. The Morgan fingerprint density at radius 3 is 2.86 bits per heavy atom. The summed E-state index contributed by atoms with van der Waals surface area (Å²) in [4.78, 5) is 9.76. The van der Waals surface area contributed by atoms with E-state index in [-0.39, 0.29) is 11.5 Å². The second-order valence-electron chi connectivity index (χ2n) is 5.97. The number of rotatable bonds is 7. The lowest BCUT2D eigenvalue weighted by atomic mass is 10.2. The summed E-state index contributed by atoms with van der Waals surface area (Å²) in [5, 5.41) is 5.93. The molecule has 0 saturated carbocycles. The van der Waals surface area contributed by atoms with Gasteiger partial charge < -0.3 is 13.7 Å². The van der Waals surface area contributed by atoms with Crippen LogP contribution in [0.5, 0.6) is 5.75 Å². The topological polar surface area (TPSA) is 91.2 Å². The molecule has 4 rings (SSSR count). The smallest absolute Gasteiger partial charge is 0.239 e. The standard InChI is InChI=1S/C19H17N3O4S2/c1-12-15(20-19(25-12)16-7-4-8-27-16)10-28(23)11-17-21-18(22-26-17)13-5-3-6-14(9-13)24-2/h3-9H,10-11H2,1-2H3. The van der Waals surface area contributed by atoms with Gasteiger partial charge in [-0.3, -0.25) is 4.21 Å². The third kappa shape index (κ3) is 4.05. The molecule has 0 bridgehead atoms. The van der Waals surface area contributed by atoms with Crippen molar-refractivity contribution in [2.75, 3.05) is 7.11 Å². The summed E-state index contributed by atoms with van der Waals surface area (Å²) in [5.41, 5.74) is 1.45. The molecule has 1 aromatic carbocycles. The molecule has 0 fully saturated rings. The van der Waals surface area contributed by atoms with Crippen LogP contribution < -0.4 is 4.74 Å². The minimum Gasteiger partial charge on any atom is -0.497 e. The number of hydrogen-bond donors (Lipinski definition) is 0. The van der Waals surface area contributed by atoms with Gasteiger partial charge in [-0.25, -0.2) is 4.98 Å². The van der Waals surface area contributed by atoms with Gasteiger partial charge in [-0.2, -0.15) is 4.98 Å². The van der Waals surface area contributed by atoms with Crippen molar-refractivity contribution in [1.29, 1.82) is 0 Å². The highest BCUT2D eigenvalue weighted by Gasteiger charge is 2.17. The fourth-order valence-electron chi connectivity index (χ4n) is 2.60. The molecule has 7 nitrogen and oxygen atoms in total. The second-order valence-corrected chi connectivity index (χ2v) is 8.38. The minimum absolute atomic E-state index is 0.150. The van der Waals surface area contributed by atoms with Crippen molar-refractivity contribution in [1.82, 2.24) is 15.1 Å². The van der Waals surface area contributed by atoms with E-state index in [0.717, 1.165) is 10.4 Å². The monoisotopic (exact) mass is 415 g/mol. The molecule has 4 aromatic rings. The van der Waals surface area contributed by atoms with Crippen LogP contribution in [0.4, 0.5) is 0 Å². The van der Waals surface area contributed by atoms with Gasteiger partial charge in [-0.1, -0.05) is 23.4 Å². The zero-order valence-electron chi connectivity index (χ0n) is 15.2. The normalized spacial score (nSPS) is 12.2. The molecule has 144 valence electrons. The SMILES string of the molecule is COc1cccc(-c2noc(CS(=O)Cc3nc(-c4cccs4)oc3C)n2)c1. The minimum atomic E-state index is -1.25. The first-order valence-electron chi connectivity index (χ1n) is 8.44. The molecule has 0 aliphatic heterocycles. The lowest BCUT2D eigenvalue weighted by Gasteiger charge is -1.99. The van der Waals surface area contributed by atoms with Crippen molar-refractivity contribution < 1.29 is 17.9 Å². The molecule has 28 heavy (non-hydrogen) atoms. The molecule has 0 radical (unpaired) electrons. The van der Waals surface area contributed by atoms with Crippen molar-refractivity contribution in [2.24, 2.45) is 0 Å². The number of thiophene rings is 1. The molecule has 9 heteroatoms. The van der Waals surface area contributed by atoms with Crippen LogP contribution in [-0.2, 0) is 22.3 Å². The Morgan fingerprint density at radius 2 is 2.07 bits per heavy atom. The van der Waals surface area contributed by atoms with Crippen LogP contribution >= 0.6 is 11.3 Å². The first-order chi connectivity index (χ1) is 13.6. The molecule has 0 spiro atoms. The van der Waals surface area contributed by atoms with E-state index in [2.05, 4.69) is 15.1 Å². The van der Waals surface area contributed by atoms with E-state index < -0.39 is 10.8 Å². The quantitative estimate of drug-likeness (QED) is 0.446.